The zero-order valence-corrected chi connectivity index (χ0v) is 10.0. The molecular formula is C14H11ClO2. The first-order chi connectivity index (χ1) is 8.11. The molecule has 2 nitrogen and oxygen atoms in total. The maximum Gasteiger partial charge on any atom is 0.153 e. The molecule has 0 unspecified atom stereocenters. The van der Waals surface area contributed by atoms with Gasteiger partial charge in [0.15, 0.2) is 6.29 Å². The number of phenols is 1. The van der Waals surface area contributed by atoms with Crippen molar-refractivity contribution in [3.05, 3.63) is 52.5 Å². The van der Waals surface area contributed by atoms with Gasteiger partial charge in [0.1, 0.15) is 5.75 Å². The molecule has 0 radical (unpaired) electrons. The van der Waals surface area contributed by atoms with Gasteiger partial charge in [-0.05, 0) is 41.8 Å². The first-order valence-corrected chi connectivity index (χ1v) is 5.54. The molecule has 17 heavy (non-hydrogen) atoms. The van der Waals surface area contributed by atoms with Crippen LogP contribution in [-0.2, 0) is 0 Å². The number of hydrogen-bond acceptors (Lipinski definition) is 2. The van der Waals surface area contributed by atoms with Gasteiger partial charge >= 0.3 is 0 Å². The molecule has 2 aromatic rings. The molecule has 0 aliphatic heterocycles. The fourth-order valence-corrected chi connectivity index (χ4v) is 1.78. The van der Waals surface area contributed by atoms with Crippen molar-refractivity contribution in [3.63, 3.8) is 0 Å². The average Bonchev–Trinajstić information content (AvgIpc) is 2.32. The van der Waals surface area contributed by atoms with Gasteiger partial charge in [-0.2, -0.15) is 0 Å². The van der Waals surface area contributed by atoms with E-state index >= 15 is 0 Å². The fraction of sp³-hybridized carbons (Fsp3) is 0.0714. The van der Waals surface area contributed by atoms with Crippen LogP contribution in [-0.4, -0.2) is 11.4 Å². The number of halogens is 1. The van der Waals surface area contributed by atoms with Gasteiger partial charge in [-0.15, -0.1) is 0 Å². The van der Waals surface area contributed by atoms with E-state index in [1.54, 1.807) is 18.2 Å². The number of aryl methyl sites for hydroxylation is 1. The number of aromatic hydroxyl groups is 1. The maximum atomic E-state index is 10.6. The van der Waals surface area contributed by atoms with Gasteiger partial charge in [0.2, 0.25) is 0 Å². The molecule has 0 amide bonds. The number of aldehydes is 1. The molecule has 1 N–H and O–H groups in total. The summed E-state index contributed by atoms with van der Waals surface area (Å²) < 4.78 is 0. The molecule has 0 spiro atoms. The minimum atomic E-state index is -0.0193. The lowest BCUT2D eigenvalue weighted by atomic mass is 10.0. The van der Waals surface area contributed by atoms with Crippen molar-refractivity contribution >= 4 is 17.9 Å². The van der Waals surface area contributed by atoms with Crippen LogP contribution in [0.15, 0.2) is 36.4 Å². The predicted molar refractivity (Wildman–Crippen MR) is 68.7 cm³/mol. The second kappa shape index (κ2) is 4.60. The molecule has 0 aliphatic rings. The molecule has 0 heterocycles. The standard InChI is InChI=1S/C14H11ClO2/c1-9-2-3-10(6-13(9)15)11-4-5-12(8-16)14(17)7-11/h2-8,17H,1H3. The highest BCUT2D eigenvalue weighted by molar-refractivity contribution is 6.31. The highest BCUT2D eigenvalue weighted by Gasteiger charge is 2.05. The molecule has 0 aliphatic carbocycles. The van der Waals surface area contributed by atoms with Crippen molar-refractivity contribution < 1.29 is 9.90 Å². The van der Waals surface area contributed by atoms with Gasteiger partial charge in [-0.1, -0.05) is 29.8 Å². The van der Waals surface area contributed by atoms with Gasteiger partial charge in [0.05, 0.1) is 5.56 Å². The summed E-state index contributed by atoms with van der Waals surface area (Å²) >= 11 is 6.04. The summed E-state index contributed by atoms with van der Waals surface area (Å²) in [5, 5.41) is 10.3. The minimum Gasteiger partial charge on any atom is -0.507 e. The molecule has 0 saturated carbocycles. The lowest BCUT2D eigenvalue weighted by Gasteiger charge is -2.06. The highest BCUT2D eigenvalue weighted by atomic mass is 35.5. The maximum absolute atomic E-state index is 10.6. The highest BCUT2D eigenvalue weighted by Crippen LogP contribution is 2.28. The van der Waals surface area contributed by atoms with E-state index in [2.05, 4.69) is 0 Å². The first-order valence-electron chi connectivity index (χ1n) is 5.16. The Bertz CT molecular complexity index is 576. The zero-order valence-electron chi connectivity index (χ0n) is 9.27. The van der Waals surface area contributed by atoms with E-state index in [0.717, 1.165) is 16.7 Å². The molecule has 86 valence electrons. The summed E-state index contributed by atoms with van der Waals surface area (Å²) in [6.45, 7) is 1.93. The van der Waals surface area contributed by atoms with Gasteiger partial charge in [0.25, 0.3) is 0 Å². The van der Waals surface area contributed by atoms with Crippen molar-refractivity contribution in [1.82, 2.24) is 0 Å². The number of rotatable bonds is 2. The molecule has 0 atom stereocenters. The quantitative estimate of drug-likeness (QED) is 0.818. The Morgan fingerprint density at radius 1 is 1.12 bits per heavy atom. The van der Waals surface area contributed by atoms with Crippen LogP contribution in [0.4, 0.5) is 0 Å². The molecular weight excluding hydrogens is 236 g/mol. The molecule has 2 aromatic carbocycles. The number of phenolic OH excluding ortho intramolecular Hbond substituents is 1. The average molecular weight is 247 g/mol. The van der Waals surface area contributed by atoms with Crippen LogP contribution in [0.25, 0.3) is 11.1 Å². The van der Waals surface area contributed by atoms with Crippen LogP contribution in [0.2, 0.25) is 5.02 Å². The Morgan fingerprint density at radius 3 is 2.35 bits per heavy atom. The van der Waals surface area contributed by atoms with Crippen LogP contribution < -0.4 is 0 Å². The van der Waals surface area contributed by atoms with Crippen molar-refractivity contribution in [3.8, 4) is 16.9 Å². The van der Waals surface area contributed by atoms with E-state index < -0.39 is 0 Å². The molecule has 0 bridgehead atoms. The van der Waals surface area contributed by atoms with Gasteiger partial charge in [-0.25, -0.2) is 0 Å². The zero-order chi connectivity index (χ0) is 12.4. The van der Waals surface area contributed by atoms with Gasteiger partial charge < -0.3 is 5.11 Å². The Labute approximate surface area is 104 Å². The molecule has 2 rings (SSSR count). The van der Waals surface area contributed by atoms with Crippen molar-refractivity contribution in [2.75, 3.05) is 0 Å². The summed E-state index contributed by atoms with van der Waals surface area (Å²) in [4.78, 5) is 10.6. The SMILES string of the molecule is Cc1ccc(-c2ccc(C=O)c(O)c2)cc1Cl. The third-order valence-corrected chi connectivity index (χ3v) is 3.07. The predicted octanol–water partition coefficient (Wildman–Crippen LogP) is 3.83. The van der Waals surface area contributed by atoms with Crippen LogP contribution in [0, 0.1) is 6.92 Å². The van der Waals surface area contributed by atoms with E-state index in [9.17, 15) is 9.90 Å². The summed E-state index contributed by atoms with van der Waals surface area (Å²) in [6, 6.07) is 10.6. The molecule has 0 fully saturated rings. The molecule has 3 heteroatoms. The van der Waals surface area contributed by atoms with Crippen LogP contribution in [0.1, 0.15) is 15.9 Å². The number of benzene rings is 2. The number of hydrogen-bond donors (Lipinski definition) is 1. The molecule has 0 saturated heterocycles. The van der Waals surface area contributed by atoms with E-state index in [4.69, 9.17) is 11.6 Å². The second-order valence-corrected chi connectivity index (χ2v) is 4.26. The largest absolute Gasteiger partial charge is 0.507 e. The normalized spacial score (nSPS) is 10.2. The number of carbonyl (C=O) groups is 1. The minimum absolute atomic E-state index is 0.0193. The van der Waals surface area contributed by atoms with Crippen molar-refractivity contribution in [2.24, 2.45) is 0 Å². The summed E-state index contributed by atoms with van der Waals surface area (Å²) in [5.41, 5.74) is 3.03. The van der Waals surface area contributed by atoms with Gasteiger partial charge in [-0.3, -0.25) is 4.79 Å². The monoisotopic (exact) mass is 246 g/mol. The summed E-state index contributed by atoms with van der Waals surface area (Å²) in [7, 11) is 0. The van der Waals surface area contributed by atoms with Crippen molar-refractivity contribution in [1.29, 1.82) is 0 Å². The van der Waals surface area contributed by atoms with E-state index in [1.807, 2.05) is 25.1 Å². The van der Waals surface area contributed by atoms with E-state index in [1.165, 1.54) is 0 Å². The van der Waals surface area contributed by atoms with Crippen LogP contribution >= 0.6 is 11.6 Å². The Morgan fingerprint density at radius 2 is 1.76 bits per heavy atom. The first kappa shape index (κ1) is 11.7. The number of carbonyl (C=O) groups excluding carboxylic acids is 1. The summed E-state index contributed by atoms with van der Waals surface area (Å²) in [6.07, 6.45) is 0.626. The second-order valence-electron chi connectivity index (χ2n) is 3.86. The lowest BCUT2D eigenvalue weighted by Crippen LogP contribution is -1.84. The van der Waals surface area contributed by atoms with Crippen LogP contribution in [0.5, 0.6) is 5.75 Å². The van der Waals surface area contributed by atoms with Crippen LogP contribution in [0.3, 0.4) is 0 Å². The summed E-state index contributed by atoms with van der Waals surface area (Å²) in [5.74, 6) is -0.0193. The lowest BCUT2D eigenvalue weighted by molar-refractivity contribution is 0.112. The Hall–Kier alpha value is -1.80. The smallest absolute Gasteiger partial charge is 0.153 e. The molecule has 0 aromatic heterocycles. The third-order valence-electron chi connectivity index (χ3n) is 2.66. The topological polar surface area (TPSA) is 37.3 Å². The third kappa shape index (κ3) is 2.32. The fourth-order valence-electron chi connectivity index (χ4n) is 1.60. The van der Waals surface area contributed by atoms with Gasteiger partial charge in [0, 0.05) is 5.02 Å². The van der Waals surface area contributed by atoms with E-state index in [-0.39, 0.29) is 11.3 Å². The Balaban J connectivity index is 2.49. The van der Waals surface area contributed by atoms with E-state index in [0.29, 0.717) is 11.3 Å². The van der Waals surface area contributed by atoms with Crippen molar-refractivity contribution in [2.45, 2.75) is 6.92 Å². The Kier molecular flexibility index (Phi) is 3.16.